The summed E-state index contributed by atoms with van der Waals surface area (Å²) in [5.74, 6) is 0.811. The fourth-order valence-corrected chi connectivity index (χ4v) is 5.20. The van der Waals surface area contributed by atoms with E-state index in [9.17, 15) is 4.79 Å². The van der Waals surface area contributed by atoms with Crippen LogP contribution in [0.3, 0.4) is 0 Å². The van der Waals surface area contributed by atoms with Crippen LogP contribution in [0.5, 0.6) is 0 Å². The zero-order chi connectivity index (χ0) is 26.0. The number of carbonyl (C=O) groups is 1. The molecular weight excluding hydrogens is 460 g/mol. The van der Waals surface area contributed by atoms with Gasteiger partial charge in [0.25, 0.3) is 5.91 Å². The molecule has 1 N–H and O–H groups in total. The number of hydrogen-bond donors (Lipinski definition) is 1. The second-order valence-electron chi connectivity index (χ2n) is 9.98. The van der Waals surface area contributed by atoms with E-state index in [1.807, 2.05) is 29.2 Å². The van der Waals surface area contributed by atoms with Crippen LogP contribution >= 0.6 is 0 Å². The minimum Gasteiger partial charge on any atom is -0.380 e. The van der Waals surface area contributed by atoms with Gasteiger partial charge in [0.15, 0.2) is 0 Å². The van der Waals surface area contributed by atoms with E-state index in [0.717, 1.165) is 82.0 Å². The van der Waals surface area contributed by atoms with Crippen LogP contribution in [0.15, 0.2) is 59.7 Å². The van der Waals surface area contributed by atoms with Crippen LogP contribution in [0.1, 0.15) is 68.9 Å². The Labute approximate surface area is 222 Å². The van der Waals surface area contributed by atoms with E-state index >= 15 is 0 Å². The monoisotopic (exact) mass is 502 g/mol. The highest BCUT2D eigenvalue weighted by atomic mass is 16.5. The lowest BCUT2D eigenvalue weighted by Gasteiger charge is -2.25. The smallest absolute Gasteiger partial charge is 0.276 e. The summed E-state index contributed by atoms with van der Waals surface area (Å²) in [4.78, 5) is 22.9. The van der Waals surface area contributed by atoms with Gasteiger partial charge >= 0.3 is 0 Å². The molecule has 37 heavy (non-hydrogen) atoms. The molecule has 2 aliphatic heterocycles. The Morgan fingerprint density at radius 2 is 1.92 bits per heavy atom. The number of nitrogens with zero attached hydrogens (tertiary/aromatic N) is 3. The first-order valence-corrected chi connectivity index (χ1v) is 13.9. The van der Waals surface area contributed by atoms with Gasteiger partial charge in [-0.2, -0.15) is 0 Å². The van der Waals surface area contributed by atoms with E-state index in [2.05, 4.69) is 55.3 Å². The summed E-state index contributed by atoms with van der Waals surface area (Å²) in [5, 5.41) is 3.52. The fourth-order valence-electron chi connectivity index (χ4n) is 5.20. The highest BCUT2D eigenvalue weighted by Gasteiger charge is 2.27. The van der Waals surface area contributed by atoms with Gasteiger partial charge in [-0.15, -0.1) is 0 Å². The van der Waals surface area contributed by atoms with Crippen molar-refractivity contribution in [1.82, 2.24) is 10.3 Å². The van der Waals surface area contributed by atoms with Gasteiger partial charge < -0.3 is 19.9 Å². The Bertz CT molecular complexity index is 1120. The molecule has 0 spiro atoms. The highest BCUT2D eigenvalue weighted by Crippen LogP contribution is 2.38. The van der Waals surface area contributed by atoms with Gasteiger partial charge in [0, 0.05) is 38.3 Å². The molecule has 4 rings (SSSR count). The molecule has 1 amide bonds. The van der Waals surface area contributed by atoms with E-state index in [0.29, 0.717) is 18.8 Å². The van der Waals surface area contributed by atoms with Crippen molar-refractivity contribution in [3.63, 3.8) is 0 Å². The first kappa shape index (κ1) is 27.1. The third-order valence-corrected chi connectivity index (χ3v) is 7.01. The third kappa shape index (κ3) is 6.88. The number of benzene rings is 1. The standard InChI is InChI=1S/C31H42N4O2/c1-4-10-26-25(22-24(3)23-32-16-5-2)15-18-35(29-13-7-6-11-27(26)29)31(36)28-12-8-14-30(33-28)34-17-9-20-37-21-19-34/h6-8,11-14,22,32H,4-5,9-10,15-21,23H2,1-3H3/b24-22+. The van der Waals surface area contributed by atoms with Crippen molar-refractivity contribution >= 4 is 23.0 Å². The molecule has 0 bridgehead atoms. The lowest BCUT2D eigenvalue weighted by atomic mass is 9.93. The van der Waals surface area contributed by atoms with Crippen molar-refractivity contribution in [2.45, 2.75) is 52.9 Å². The summed E-state index contributed by atoms with van der Waals surface area (Å²) in [6.07, 6.45) is 7.32. The Balaban J connectivity index is 1.64. The van der Waals surface area contributed by atoms with Gasteiger partial charge in [0.2, 0.25) is 0 Å². The zero-order valence-electron chi connectivity index (χ0n) is 22.8. The average Bonchev–Trinajstić information content (AvgIpc) is 3.28. The van der Waals surface area contributed by atoms with E-state index in [1.54, 1.807) is 0 Å². The highest BCUT2D eigenvalue weighted by molar-refractivity contribution is 6.07. The number of anilines is 2. The van der Waals surface area contributed by atoms with Crippen molar-refractivity contribution in [2.24, 2.45) is 0 Å². The quantitative estimate of drug-likeness (QED) is 0.436. The number of nitrogens with one attached hydrogen (secondary N) is 1. The maximum atomic E-state index is 14.0. The Morgan fingerprint density at radius 3 is 2.76 bits per heavy atom. The maximum Gasteiger partial charge on any atom is 0.276 e. The van der Waals surface area contributed by atoms with E-state index < -0.39 is 0 Å². The largest absolute Gasteiger partial charge is 0.380 e. The summed E-state index contributed by atoms with van der Waals surface area (Å²) < 4.78 is 5.61. The van der Waals surface area contributed by atoms with Crippen molar-refractivity contribution in [3.8, 4) is 0 Å². The minimum absolute atomic E-state index is 0.0391. The Hall–Kier alpha value is -2.96. The molecule has 2 aliphatic rings. The van der Waals surface area contributed by atoms with E-state index in [1.165, 1.54) is 16.7 Å². The lowest BCUT2D eigenvalue weighted by molar-refractivity contribution is 0.0982. The summed E-state index contributed by atoms with van der Waals surface area (Å²) in [7, 11) is 0. The van der Waals surface area contributed by atoms with Crippen molar-refractivity contribution in [2.75, 3.05) is 55.7 Å². The molecule has 0 saturated carbocycles. The summed E-state index contributed by atoms with van der Waals surface area (Å²) in [6, 6.07) is 14.2. The normalized spacial score (nSPS) is 16.9. The SMILES string of the molecule is CCCNC/C(C)=C/C1=C(CCC)c2ccccc2N(C(=O)c2cccc(N3CCCOCC3)n2)CC1. The molecule has 0 radical (unpaired) electrons. The van der Waals surface area contributed by atoms with Crippen LogP contribution in [0.25, 0.3) is 5.57 Å². The molecule has 198 valence electrons. The first-order chi connectivity index (χ1) is 18.1. The topological polar surface area (TPSA) is 57.7 Å². The van der Waals surface area contributed by atoms with Crippen LogP contribution in [0.2, 0.25) is 0 Å². The fraction of sp³-hybridized carbons (Fsp3) is 0.484. The van der Waals surface area contributed by atoms with Crippen LogP contribution in [0, 0.1) is 0 Å². The maximum absolute atomic E-state index is 14.0. The molecule has 6 nitrogen and oxygen atoms in total. The molecule has 0 unspecified atom stereocenters. The molecule has 1 aromatic carbocycles. The number of amides is 1. The first-order valence-electron chi connectivity index (χ1n) is 13.9. The number of hydrogen-bond acceptors (Lipinski definition) is 5. The van der Waals surface area contributed by atoms with Crippen molar-refractivity contribution in [3.05, 3.63) is 70.9 Å². The van der Waals surface area contributed by atoms with Gasteiger partial charge in [0.05, 0.1) is 12.3 Å². The summed E-state index contributed by atoms with van der Waals surface area (Å²) in [6.45, 7) is 12.3. The molecule has 1 fully saturated rings. The lowest BCUT2D eigenvalue weighted by Crippen LogP contribution is -2.33. The van der Waals surface area contributed by atoms with Crippen LogP contribution in [-0.4, -0.2) is 56.8 Å². The molecule has 1 saturated heterocycles. The number of rotatable bonds is 9. The predicted molar refractivity (Wildman–Crippen MR) is 153 cm³/mol. The number of carbonyl (C=O) groups excluding carboxylic acids is 1. The van der Waals surface area contributed by atoms with Crippen molar-refractivity contribution in [1.29, 1.82) is 0 Å². The van der Waals surface area contributed by atoms with E-state index in [4.69, 9.17) is 9.72 Å². The van der Waals surface area contributed by atoms with E-state index in [-0.39, 0.29) is 5.91 Å². The molecule has 3 heterocycles. The zero-order valence-corrected chi connectivity index (χ0v) is 22.8. The molecule has 6 heteroatoms. The number of allylic oxidation sites excluding steroid dienone is 2. The second-order valence-corrected chi connectivity index (χ2v) is 9.98. The number of aromatic nitrogens is 1. The van der Waals surface area contributed by atoms with Gasteiger partial charge in [-0.25, -0.2) is 4.98 Å². The molecule has 0 atom stereocenters. The number of pyridine rings is 1. The summed E-state index contributed by atoms with van der Waals surface area (Å²) in [5.41, 5.74) is 6.66. The number of para-hydroxylation sites is 1. The van der Waals surface area contributed by atoms with Gasteiger partial charge in [-0.05, 0) is 68.5 Å². The van der Waals surface area contributed by atoms with Gasteiger partial charge in [-0.1, -0.05) is 56.2 Å². The second kappa shape index (κ2) is 13.5. The van der Waals surface area contributed by atoms with Crippen LogP contribution < -0.4 is 15.1 Å². The van der Waals surface area contributed by atoms with Gasteiger partial charge in [-0.3, -0.25) is 4.79 Å². The van der Waals surface area contributed by atoms with Crippen LogP contribution in [-0.2, 0) is 4.74 Å². The predicted octanol–water partition coefficient (Wildman–Crippen LogP) is 5.86. The molecule has 0 aliphatic carbocycles. The molecule has 2 aromatic rings. The average molecular weight is 503 g/mol. The van der Waals surface area contributed by atoms with Crippen molar-refractivity contribution < 1.29 is 9.53 Å². The Kier molecular flexibility index (Phi) is 9.92. The van der Waals surface area contributed by atoms with Gasteiger partial charge in [0.1, 0.15) is 11.5 Å². The van der Waals surface area contributed by atoms with Crippen LogP contribution in [0.4, 0.5) is 11.5 Å². The third-order valence-electron chi connectivity index (χ3n) is 7.01. The molecular formula is C31H42N4O2. The number of fused-ring (bicyclic) bond motifs is 1. The molecule has 1 aromatic heterocycles. The number of ether oxygens (including phenoxy) is 1. The Morgan fingerprint density at radius 1 is 1.05 bits per heavy atom. The summed E-state index contributed by atoms with van der Waals surface area (Å²) >= 11 is 0. The minimum atomic E-state index is -0.0391.